The molecule has 7 heteroatoms. The molecule has 1 aliphatic carbocycles. The van der Waals surface area contributed by atoms with Crippen LogP contribution in [0.25, 0.3) is 11.0 Å². The molecule has 2 unspecified atom stereocenters. The van der Waals surface area contributed by atoms with E-state index in [2.05, 4.69) is 39.1 Å². The molecule has 0 bridgehead atoms. The van der Waals surface area contributed by atoms with Gasteiger partial charge in [0.05, 0.1) is 17.4 Å². The summed E-state index contributed by atoms with van der Waals surface area (Å²) in [6.07, 6.45) is 4.54. The van der Waals surface area contributed by atoms with E-state index in [9.17, 15) is 4.79 Å². The molecule has 0 spiro atoms. The Hall–Kier alpha value is -2.08. The molecule has 3 N–H and O–H groups in total. The van der Waals surface area contributed by atoms with Gasteiger partial charge in [0.1, 0.15) is 0 Å². The molecular weight excluding hydrogens is 395 g/mol. The van der Waals surface area contributed by atoms with Gasteiger partial charge in [-0.05, 0) is 42.5 Å². The summed E-state index contributed by atoms with van der Waals surface area (Å²) in [5, 5.41) is 3.06. The van der Waals surface area contributed by atoms with Crippen LogP contribution >= 0.6 is 24.8 Å². The van der Waals surface area contributed by atoms with Crippen LogP contribution in [-0.2, 0) is 17.9 Å². The number of nitrogens with one attached hydrogen (secondary N) is 1. The molecule has 0 saturated heterocycles. The van der Waals surface area contributed by atoms with Gasteiger partial charge in [0.2, 0.25) is 5.91 Å². The minimum absolute atomic E-state index is 0. The minimum Gasteiger partial charge on any atom is -0.352 e. The Morgan fingerprint density at radius 3 is 2.68 bits per heavy atom. The van der Waals surface area contributed by atoms with Crippen LogP contribution < -0.4 is 11.1 Å². The number of para-hydroxylation sites is 2. The van der Waals surface area contributed by atoms with Crippen LogP contribution in [0.5, 0.6) is 0 Å². The summed E-state index contributed by atoms with van der Waals surface area (Å²) in [6.45, 7) is 1.32. The fourth-order valence-corrected chi connectivity index (χ4v) is 3.76. The van der Waals surface area contributed by atoms with E-state index in [0.29, 0.717) is 6.54 Å². The molecule has 1 aromatic heterocycles. The van der Waals surface area contributed by atoms with Gasteiger partial charge in [-0.15, -0.1) is 24.8 Å². The molecule has 2 atom stereocenters. The van der Waals surface area contributed by atoms with Crippen LogP contribution in [0.1, 0.15) is 30.4 Å². The molecule has 3 aromatic rings. The molecular formula is C21H26Cl2N4O. The van der Waals surface area contributed by atoms with Gasteiger partial charge in [0, 0.05) is 25.0 Å². The highest BCUT2D eigenvalue weighted by Gasteiger charge is 2.27. The van der Waals surface area contributed by atoms with E-state index >= 15 is 0 Å². The van der Waals surface area contributed by atoms with Crippen molar-refractivity contribution in [2.75, 3.05) is 0 Å². The maximum atomic E-state index is 12.3. The first-order chi connectivity index (χ1) is 12.7. The van der Waals surface area contributed by atoms with Gasteiger partial charge in [-0.2, -0.15) is 0 Å². The lowest BCUT2D eigenvalue weighted by Gasteiger charge is -2.12. The zero-order chi connectivity index (χ0) is 17.9. The molecule has 1 saturated carbocycles. The summed E-state index contributed by atoms with van der Waals surface area (Å²) >= 11 is 0. The molecule has 150 valence electrons. The summed E-state index contributed by atoms with van der Waals surface area (Å²) in [6, 6.07) is 16.7. The summed E-state index contributed by atoms with van der Waals surface area (Å²) < 4.78 is 2.15. The largest absolute Gasteiger partial charge is 0.352 e. The number of rotatable bonds is 5. The van der Waals surface area contributed by atoms with Crippen molar-refractivity contribution in [1.29, 1.82) is 0 Å². The lowest BCUT2D eigenvalue weighted by Crippen LogP contribution is -2.30. The number of nitrogens with zero attached hydrogens (tertiary/aromatic N) is 2. The van der Waals surface area contributed by atoms with Crippen molar-refractivity contribution >= 4 is 41.8 Å². The van der Waals surface area contributed by atoms with Crippen LogP contribution in [0.15, 0.2) is 54.9 Å². The number of carbonyl (C=O) groups is 1. The second kappa shape index (κ2) is 9.92. The summed E-state index contributed by atoms with van der Waals surface area (Å²) in [5.41, 5.74) is 10.4. The third-order valence-corrected chi connectivity index (χ3v) is 5.18. The average molecular weight is 421 g/mol. The molecule has 0 aliphatic heterocycles. The number of imidazole rings is 1. The minimum atomic E-state index is 0. The summed E-state index contributed by atoms with van der Waals surface area (Å²) in [7, 11) is 0. The van der Waals surface area contributed by atoms with Crippen LogP contribution in [0.2, 0.25) is 0 Å². The average Bonchev–Trinajstić information content (AvgIpc) is 3.27. The van der Waals surface area contributed by atoms with E-state index in [-0.39, 0.29) is 42.7 Å². The third kappa shape index (κ3) is 5.04. The molecule has 1 heterocycles. The predicted octanol–water partition coefficient (Wildman–Crippen LogP) is 3.67. The summed E-state index contributed by atoms with van der Waals surface area (Å²) in [4.78, 5) is 16.7. The van der Waals surface area contributed by atoms with Gasteiger partial charge < -0.3 is 15.6 Å². The zero-order valence-corrected chi connectivity index (χ0v) is 17.2. The SMILES string of the molecule is Cl.Cl.NC1CCC(C(=O)NCc2cccc(Cn3cnc4ccccc43)c2)C1. The number of amides is 1. The molecule has 0 radical (unpaired) electrons. The van der Waals surface area contributed by atoms with Crippen LogP contribution in [-0.4, -0.2) is 21.5 Å². The molecule has 5 nitrogen and oxygen atoms in total. The van der Waals surface area contributed by atoms with Crippen molar-refractivity contribution in [3.05, 3.63) is 66.0 Å². The zero-order valence-electron chi connectivity index (χ0n) is 15.6. The number of halogens is 2. The Bertz CT molecular complexity index is 927. The van der Waals surface area contributed by atoms with Gasteiger partial charge in [-0.1, -0.05) is 36.4 Å². The van der Waals surface area contributed by atoms with Crippen molar-refractivity contribution in [2.24, 2.45) is 11.7 Å². The van der Waals surface area contributed by atoms with Crippen molar-refractivity contribution in [3.63, 3.8) is 0 Å². The number of nitrogens with two attached hydrogens (primary N) is 1. The van der Waals surface area contributed by atoms with Crippen molar-refractivity contribution in [1.82, 2.24) is 14.9 Å². The molecule has 28 heavy (non-hydrogen) atoms. The Labute approximate surface area is 177 Å². The highest BCUT2D eigenvalue weighted by Crippen LogP contribution is 2.24. The third-order valence-electron chi connectivity index (χ3n) is 5.18. The van der Waals surface area contributed by atoms with Crippen molar-refractivity contribution < 1.29 is 4.79 Å². The van der Waals surface area contributed by atoms with E-state index < -0.39 is 0 Å². The lowest BCUT2D eigenvalue weighted by atomic mass is 10.1. The molecule has 2 aromatic carbocycles. The molecule has 4 rings (SSSR count). The predicted molar refractivity (Wildman–Crippen MR) is 117 cm³/mol. The topological polar surface area (TPSA) is 72.9 Å². The number of benzene rings is 2. The van der Waals surface area contributed by atoms with E-state index in [1.165, 1.54) is 5.56 Å². The first kappa shape index (κ1) is 22.2. The Morgan fingerprint density at radius 1 is 1.11 bits per heavy atom. The maximum Gasteiger partial charge on any atom is 0.223 e. The summed E-state index contributed by atoms with van der Waals surface area (Å²) in [5.74, 6) is 0.203. The van der Waals surface area contributed by atoms with Gasteiger partial charge in [-0.25, -0.2) is 4.98 Å². The van der Waals surface area contributed by atoms with E-state index in [1.807, 2.05) is 30.6 Å². The standard InChI is InChI=1S/C21H24N4O.2ClH/c22-18-9-8-17(11-18)21(26)23-12-15-4-3-5-16(10-15)13-25-14-24-19-6-1-2-7-20(19)25;;/h1-7,10,14,17-18H,8-9,11-13,22H2,(H,23,26);2*1H. The second-order valence-corrected chi connectivity index (χ2v) is 7.17. The number of fused-ring (bicyclic) bond motifs is 1. The van der Waals surface area contributed by atoms with E-state index in [1.54, 1.807) is 0 Å². The molecule has 1 fully saturated rings. The van der Waals surface area contributed by atoms with Crippen molar-refractivity contribution in [2.45, 2.75) is 38.4 Å². The highest BCUT2D eigenvalue weighted by atomic mass is 35.5. The Morgan fingerprint density at radius 2 is 1.89 bits per heavy atom. The number of hydrogen-bond donors (Lipinski definition) is 2. The van der Waals surface area contributed by atoms with Gasteiger partial charge in [0.15, 0.2) is 0 Å². The van der Waals surface area contributed by atoms with E-state index in [4.69, 9.17) is 5.73 Å². The number of hydrogen-bond acceptors (Lipinski definition) is 3. The molecule has 1 amide bonds. The smallest absolute Gasteiger partial charge is 0.223 e. The fraction of sp³-hybridized carbons (Fsp3) is 0.333. The second-order valence-electron chi connectivity index (χ2n) is 7.17. The highest BCUT2D eigenvalue weighted by molar-refractivity contribution is 5.85. The van der Waals surface area contributed by atoms with Gasteiger partial charge in [0.25, 0.3) is 0 Å². The maximum absolute atomic E-state index is 12.3. The van der Waals surface area contributed by atoms with Gasteiger partial charge in [-0.3, -0.25) is 4.79 Å². The van der Waals surface area contributed by atoms with Gasteiger partial charge >= 0.3 is 0 Å². The fourth-order valence-electron chi connectivity index (χ4n) is 3.76. The van der Waals surface area contributed by atoms with Crippen LogP contribution in [0, 0.1) is 5.92 Å². The normalized spacial score (nSPS) is 18.3. The number of carbonyl (C=O) groups excluding carboxylic acids is 1. The quantitative estimate of drug-likeness (QED) is 0.660. The van der Waals surface area contributed by atoms with E-state index in [0.717, 1.165) is 42.4 Å². The number of aromatic nitrogens is 2. The first-order valence-corrected chi connectivity index (χ1v) is 9.20. The van der Waals surface area contributed by atoms with Crippen LogP contribution in [0.3, 0.4) is 0 Å². The Kier molecular flexibility index (Phi) is 7.87. The monoisotopic (exact) mass is 420 g/mol. The first-order valence-electron chi connectivity index (χ1n) is 9.20. The Balaban J connectivity index is 0.00000140. The van der Waals surface area contributed by atoms with Crippen molar-refractivity contribution in [3.8, 4) is 0 Å². The van der Waals surface area contributed by atoms with Crippen LogP contribution in [0.4, 0.5) is 0 Å². The lowest BCUT2D eigenvalue weighted by molar-refractivity contribution is -0.125. The molecule has 1 aliphatic rings.